The Bertz CT molecular complexity index is 762. The highest BCUT2D eigenvalue weighted by Crippen LogP contribution is 2.26. The van der Waals surface area contributed by atoms with E-state index in [1.807, 2.05) is 36.4 Å². The zero-order valence-corrected chi connectivity index (χ0v) is 11.4. The topological polar surface area (TPSA) is 64.9 Å². The Kier molecular flexibility index (Phi) is 2.99. The molecule has 1 aromatic heterocycles. The average molecular weight is 265 g/mol. The molecule has 2 N–H and O–H groups in total. The van der Waals surface area contributed by atoms with Crippen LogP contribution in [0.2, 0.25) is 0 Å². The molecule has 2 aromatic carbocycles. The minimum Gasteiger partial charge on any atom is -0.399 e. The van der Waals surface area contributed by atoms with Crippen LogP contribution in [-0.2, 0) is 0 Å². The highest BCUT2D eigenvalue weighted by molar-refractivity contribution is 5.65. The lowest BCUT2D eigenvalue weighted by atomic mass is 10.0. The molecule has 0 aliphatic heterocycles. The van der Waals surface area contributed by atoms with Gasteiger partial charge in [-0.15, -0.1) is 0 Å². The van der Waals surface area contributed by atoms with Gasteiger partial charge in [0.25, 0.3) is 5.89 Å². The van der Waals surface area contributed by atoms with E-state index in [9.17, 15) is 0 Å². The summed E-state index contributed by atoms with van der Waals surface area (Å²) < 4.78 is 5.38. The predicted molar refractivity (Wildman–Crippen MR) is 79.1 cm³/mol. The van der Waals surface area contributed by atoms with Crippen LogP contribution in [0.5, 0.6) is 0 Å². The SMILES string of the molecule is Cc1cccc(-c2nc(-c3cccc(N)c3)no2)c1C. The Morgan fingerprint density at radius 1 is 1.05 bits per heavy atom. The number of hydrogen-bond donors (Lipinski definition) is 1. The number of aromatic nitrogens is 2. The fourth-order valence-electron chi connectivity index (χ4n) is 2.11. The third-order valence-electron chi connectivity index (χ3n) is 3.41. The van der Waals surface area contributed by atoms with Crippen LogP contribution < -0.4 is 5.73 Å². The van der Waals surface area contributed by atoms with Crippen LogP contribution in [0.3, 0.4) is 0 Å². The van der Waals surface area contributed by atoms with Gasteiger partial charge in [-0.05, 0) is 43.2 Å². The third-order valence-corrected chi connectivity index (χ3v) is 3.41. The molecule has 3 aromatic rings. The van der Waals surface area contributed by atoms with Gasteiger partial charge in [0.15, 0.2) is 0 Å². The van der Waals surface area contributed by atoms with Crippen LogP contribution in [-0.4, -0.2) is 10.1 Å². The number of nitrogens with zero attached hydrogens (tertiary/aromatic N) is 2. The summed E-state index contributed by atoms with van der Waals surface area (Å²) in [5, 5.41) is 4.03. The van der Waals surface area contributed by atoms with Crippen LogP contribution in [0, 0.1) is 13.8 Å². The minimum absolute atomic E-state index is 0.531. The third kappa shape index (κ3) is 2.16. The molecule has 4 nitrogen and oxygen atoms in total. The van der Waals surface area contributed by atoms with E-state index in [-0.39, 0.29) is 0 Å². The van der Waals surface area contributed by atoms with E-state index in [1.54, 1.807) is 0 Å². The molecule has 3 rings (SSSR count). The Balaban J connectivity index is 2.04. The molecule has 4 heteroatoms. The van der Waals surface area contributed by atoms with Gasteiger partial charge < -0.3 is 10.3 Å². The first-order valence-corrected chi connectivity index (χ1v) is 6.41. The zero-order chi connectivity index (χ0) is 14.1. The number of anilines is 1. The Labute approximate surface area is 117 Å². The quantitative estimate of drug-likeness (QED) is 0.719. The predicted octanol–water partition coefficient (Wildman–Crippen LogP) is 3.60. The monoisotopic (exact) mass is 265 g/mol. The summed E-state index contributed by atoms with van der Waals surface area (Å²) in [6, 6.07) is 13.5. The van der Waals surface area contributed by atoms with Gasteiger partial charge in [0.1, 0.15) is 0 Å². The van der Waals surface area contributed by atoms with Crippen molar-refractivity contribution in [1.82, 2.24) is 10.1 Å². The van der Waals surface area contributed by atoms with Gasteiger partial charge >= 0.3 is 0 Å². The maximum absolute atomic E-state index is 5.77. The van der Waals surface area contributed by atoms with E-state index in [2.05, 4.69) is 30.1 Å². The van der Waals surface area contributed by atoms with Crippen LogP contribution >= 0.6 is 0 Å². The molecule has 0 saturated heterocycles. The van der Waals surface area contributed by atoms with Gasteiger partial charge in [-0.2, -0.15) is 4.98 Å². The Morgan fingerprint density at radius 3 is 2.65 bits per heavy atom. The first-order valence-electron chi connectivity index (χ1n) is 6.41. The van der Waals surface area contributed by atoms with Crippen molar-refractivity contribution in [2.24, 2.45) is 0 Å². The molecule has 20 heavy (non-hydrogen) atoms. The molecule has 0 spiro atoms. The molecule has 0 bridgehead atoms. The van der Waals surface area contributed by atoms with E-state index in [0.29, 0.717) is 17.4 Å². The van der Waals surface area contributed by atoms with Crippen molar-refractivity contribution in [1.29, 1.82) is 0 Å². The summed E-state index contributed by atoms with van der Waals surface area (Å²) in [6.07, 6.45) is 0. The summed E-state index contributed by atoms with van der Waals surface area (Å²) in [5.74, 6) is 1.08. The lowest BCUT2D eigenvalue weighted by molar-refractivity contribution is 0.432. The lowest BCUT2D eigenvalue weighted by Gasteiger charge is -2.03. The first kappa shape index (κ1) is 12.4. The molecule has 0 atom stereocenters. The number of hydrogen-bond acceptors (Lipinski definition) is 4. The number of nitrogens with two attached hydrogens (primary N) is 1. The number of nitrogen functional groups attached to an aromatic ring is 1. The number of rotatable bonds is 2. The summed E-state index contributed by atoms with van der Waals surface area (Å²) in [4.78, 5) is 4.46. The number of aryl methyl sites for hydroxylation is 1. The fraction of sp³-hybridized carbons (Fsp3) is 0.125. The van der Waals surface area contributed by atoms with Crippen molar-refractivity contribution in [3.05, 3.63) is 53.6 Å². The van der Waals surface area contributed by atoms with Crippen molar-refractivity contribution < 1.29 is 4.52 Å². The molecule has 0 aliphatic carbocycles. The molecule has 0 aliphatic rings. The molecular formula is C16H15N3O. The Morgan fingerprint density at radius 2 is 1.85 bits per heavy atom. The molecule has 0 unspecified atom stereocenters. The maximum atomic E-state index is 5.77. The highest BCUT2D eigenvalue weighted by Gasteiger charge is 2.13. The smallest absolute Gasteiger partial charge is 0.258 e. The van der Waals surface area contributed by atoms with Crippen molar-refractivity contribution >= 4 is 5.69 Å². The Hall–Kier alpha value is -2.62. The number of benzene rings is 2. The van der Waals surface area contributed by atoms with Gasteiger partial charge in [-0.25, -0.2) is 0 Å². The summed E-state index contributed by atoms with van der Waals surface area (Å²) in [6.45, 7) is 4.11. The lowest BCUT2D eigenvalue weighted by Crippen LogP contribution is -1.88. The van der Waals surface area contributed by atoms with E-state index in [1.165, 1.54) is 5.56 Å². The summed E-state index contributed by atoms with van der Waals surface area (Å²) in [5.41, 5.74) is 10.6. The first-order chi connectivity index (χ1) is 9.65. The van der Waals surface area contributed by atoms with E-state index in [4.69, 9.17) is 10.3 Å². The molecular weight excluding hydrogens is 250 g/mol. The molecule has 1 heterocycles. The van der Waals surface area contributed by atoms with Gasteiger partial charge in [0.05, 0.1) is 0 Å². The van der Waals surface area contributed by atoms with E-state index < -0.39 is 0 Å². The van der Waals surface area contributed by atoms with Gasteiger partial charge in [0.2, 0.25) is 5.82 Å². The molecule has 0 radical (unpaired) electrons. The second-order valence-electron chi connectivity index (χ2n) is 4.80. The van der Waals surface area contributed by atoms with Gasteiger partial charge in [-0.1, -0.05) is 29.4 Å². The maximum Gasteiger partial charge on any atom is 0.258 e. The van der Waals surface area contributed by atoms with Gasteiger partial charge in [0, 0.05) is 16.8 Å². The second kappa shape index (κ2) is 4.81. The molecule has 100 valence electrons. The van der Waals surface area contributed by atoms with Crippen LogP contribution in [0.4, 0.5) is 5.69 Å². The average Bonchev–Trinajstić information content (AvgIpc) is 2.91. The summed E-state index contributed by atoms with van der Waals surface area (Å²) >= 11 is 0. The van der Waals surface area contributed by atoms with Crippen molar-refractivity contribution in [3.8, 4) is 22.8 Å². The fourth-order valence-corrected chi connectivity index (χ4v) is 2.11. The van der Waals surface area contributed by atoms with Crippen molar-refractivity contribution in [3.63, 3.8) is 0 Å². The highest BCUT2D eigenvalue weighted by atomic mass is 16.5. The molecule has 0 amide bonds. The van der Waals surface area contributed by atoms with Crippen LogP contribution in [0.1, 0.15) is 11.1 Å². The molecule has 0 saturated carbocycles. The van der Waals surface area contributed by atoms with E-state index >= 15 is 0 Å². The van der Waals surface area contributed by atoms with Crippen molar-refractivity contribution in [2.75, 3.05) is 5.73 Å². The standard InChI is InChI=1S/C16H15N3O/c1-10-5-3-8-14(11(10)2)16-18-15(19-20-16)12-6-4-7-13(17)9-12/h3-9H,17H2,1-2H3. The molecule has 0 fully saturated rings. The van der Waals surface area contributed by atoms with Crippen LogP contribution in [0.15, 0.2) is 47.0 Å². The van der Waals surface area contributed by atoms with Crippen LogP contribution in [0.25, 0.3) is 22.8 Å². The largest absolute Gasteiger partial charge is 0.399 e. The minimum atomic E-state index is 0.531. The second-order valence-corrected chi connectivity index (χ2v) is 4.80. The normalized spacial score (nSPS) is 10.7. The van der Waals surface area contributed by atoms with Crippen molar-refractivity contribution in [2.45, 2.75) is 13.8 Å². The zero-order valence-electron chi connectivity index (χ0n) is 11.4. The van der Waals surface area contributed by atoms with Gasteiger partial charge in [-0.3, -0.25) is 0 Å². The summed E-state index contributed by atoms with van der Waals surface area (Å²) in [7, 11) is 0. The van der Waals surface area contributed by atoms with E-state index in [0.717, 1.165) is 16.7 Å².